The summed E-state index contributed by atoms with van der Waals surface area (Å²) in [5, 5.41) is 10.4. The van der Waals surface area contributed by atoms with Crippen LogP contribution in [0.15, 0.2) is 0 Å². The quantitative estimate of drug-likeness (QED) is 0.721. The van der Waals surface area contributed by atoms with E-state index in [0.29, 0.717) is 6.42 Å². The summed E-state index contributed by atoms with van der Waals surface area (Å²) in [6.45, 7) is 5.85. The number of carbonyl (C=O) groups excluding carboxylic acids is 1. The van der Waals surface area contributed by atoms with Gasteiger partial charge in [-0.2, -0.15) is 0 Å². The Hall–Kier alpha value is -1.54. The zero-order valence-electron chi connectivity index (χ0n) is 10.8. The maximum atomic E-state index is 11.7. The molecule has 1 saturated heterocycles. The first-order chi connectivity index (χ1) is 7.77. The van der Waals surface area contributed by atoms with Crippen molar-refractivity contribution in [2.45, 2.75) is 38.3 Å². The molecule has 5 heteroatoms. The number of hydrogen-bond acceptors (Lipinski definition) is 3. The fourth-order valence-electron chi connectivity index (χ4n) is 2.09. The maximum Gasteiger partial charge on any atom is 0.324 e. The minimum atomic E-state index is -0.733. The molecule has 1 rings (SSSR count). The molecule has 0 aliphatic carbocycles. The molecule has 1 fully saturated rings. The first-order valence-corrected chi connectivity index (χ1v) is 5.43. The standard InChI is InChI=1S/C12H19N3O2/c1-6-7-15-10(16)14-9(13)12(15,4)8-11(2,3)17-5/h1H,7-8H2,2-5H3,(H2,13,14,16). The van der Waals surface area contributed by atoms with Crippen LogP contribution in [-0.4, -0.2) is 41.6 Å². The lowest BCUT2D eigenvalue weighted by molar-refractivity contribution is -0.00744. The third kappa shape index (κ3) is 2.42. The van der Waals surface area contributed by atoms with Crippen LogP contribution in [0.1, 0.15) is 27.2 Å². The number of ether oxygens (including phenoxy) is 1. The Balaban J connectivity index is 3.02. The Kier molecular flexibility index (Phi) is 3.48. The molecule has 0 spiro atoms. The average Bonchev–Trinajstić information content (AvgIpc) is 2.42. The Labute approximate surface area is 102 Å². The van der Waals surface area contributed by atoms with Crippen molar-refractivity contribution in [1.82, 2.24) is 10.2 Å². The highest BCUT2D eigenvalue weighted by Gasteiger charge is 2.48. The van der Waals surface area contributed by atoms with Gasteiger partial charge in [-0.3, -0.25) is 10.7 Å². The molecule has 1 atom stereocenters. The second kappa shape index (κ2) is 4.38. The first-order valence-electron chi connectivity index (χ1n) is 5.43. The van der Waals surface area contributed by atoms with E-state index in [1.165, 1.54) is 4.90 Å². The second-order valence-corrected chi connectivity index (χ2v) is 5.01. The number of methoxy groups -OCH3 is 1. The summed E-state index contributed by atoms with van der Waals surface area (Å²) in [6, 6.07) is -0.317. The number of amidine groups is 1. The lowest BCUT2D eigenvalue weighted by Crippen LogP contribution is -2.51. The van der Waals surface area contributed by atoms with Crippen LogP contribution in [0.4, 0.5) is 4.79 Å². The second-order valence-electron chi connectivity index (χ2n) is 5.01. The molecule has 17 heavy (non-hydrogen) atoms. The topological polar surface area (TPSA) is 65.4 Å². The zero-order chi connectivity index (χ0) is 13.3. The van der Waals surface area contributed by atoms with Gasteiger partial charge in [0.1, 0.15) is 11.4 Å². The van der Waals surface area contributed by atoms with E-state index in [2.05, 4.69) is 11.2 Å². The largest absolute Gasteiger partial charge is 0.379 e. The number of carbonyl (C=O) groups is 1. The Morgan fingerprint density at radius 3 is 2.71 bits per heavy atom. The van der Waals surface area contributed by atoms with Crippen LogP contribution < -0.4 is 5.32 Å². The minimum Gasteiger partial charge on any atom is -0.379 e. The van der Waals surface area contributed by atoms with Gasteiger partial charge in [-0.15, -0.1) is 6.42 Å². The molecule has 0 aromatic heterocycles. The van der Waals surface area contributed by atoms with Gasteiger partial charge >= 0.3 is 6.03 Å². The molecule has 2 N–H and O–H groups in total. The first kappa shape index (κ1) is 13.5. The summed E-state index contributed by atoms with van der Waals surface area (Å²) in [4.78, 5) is 13.2. The van der Waals surface area contributed by atoms with Crippen molar-refractivity contribution in [1.29, 1.82) is 5.41 Å². The summed E-state index contributed by atoms with van der Waals surface area (Å²) < 4.78 is 5.36. The van der Waals surface area contributed by atoms with Crippen LogP contribution >= 0.6 is 0 Å². The van der Waals surface area contributed by atoms with Crippen LogP contribution in [0.2, 0.25) is 0 Å². The Bertz CT molecular complexity index is 384. The van der Waals surface area contributed by atoms with Gasteiger partial charge in [0.25, 0.3) is 0 Å². The number of terminal acetylenes is 1. The van der Waals surface area contributed by atoms with Gasteiger partial charge in [0.05, 0.1) is 12.1 Å². The smallest absolute Gasteiger partial charge is 0.324 e. The van der Waals surface area contributed by atoms with Gasteiger partial charge in [0, 0.05) is 13.5 Å². The normalized spacial score (nSPS) is 24.8. The van der Waals surface area contributed by atoms with Crippen LogP contribution in [-0.2, 0) is 4.74 Å². The summed E-state index contributed by atoms with van der Waals surface area (Å²) >= 11 is 0. The summed E-state index contributed by atoms with van der Waals surface area (Å²) in [5.74, 6) is 2.62. The highest BCUT2D eigenvalue weighted by molar-refractivity contribution is 6.08. The molecular weight excluding hydrogens is 218 g/mol. The number of nitrogens with one attached hydrogen (secondary N) is 2. The zero-order valence-corrected chi connectivity index (χ0v) is 10.8. The average molecular weight is 237 g/mol. The van der Waals surface area contributed by atoms with Crippen molar-refractivity contribution in [2.75, 3.05) is 13.7 Å². The van der Waals surface area contributed by atoms with Crippen molar-refractivity contribution in [2.24, 2.45) is 0 Å². The molecular formula is C12H19N3O2. The van der Waals surface area contributed by atoms with E-state index >= 15 is 0 Å². The van der Waals surface area contributed by atoms with E-state index in [4.69, 9.17) is 16.6 Å². The van der Waals surface area contributed by atoms with E-state index in [-0.39, 0.29) is 18.4 Å². The lowest BCUT2D eigenvalue weighted by Gasteiger charge is -2.38. The molecule has 5 nitrogen and oxygen atoms in total. The summed E-state index contributed by atoms with van der Waals surface area (Å²) in [6.07, 6.45) is 5.77. The Morgan fingerprint density at radius 2 is 2.24 bits per heavy atom. The fraction of sp³-hybridized carbons (Fsp3) is 0.667. The predicted octanol–water partition coefficient (Wildman–Crippen LogP) is 1.20. The lowest BCUT2D eigenvalue weighted by atomic mass is 9.86. The van der Waals surface area contributed by atoms with Crippen LogP contribution in [0.3, 0.4) is 0 Å². The predicted molar refractivity (Wildman–Crippen MR) is 65.9 cm³/mol. The summed E-state index contributed by atoms with van der Waals surface area (Å²) in [7, 11) is 1.61. The number of urea groups is 1. The summed E-state index contributed by atoms with van der Waals surface area (Å²) in [5.41, 5.74) is -1.16. The van der Waals surface area contributed by atoms with Crippen molar-refractivity contribution < 1.29 is 9.53 Å². The molecule has 1 heterocycles. The highest BCUT2D eigenvalue weighted by Crippen LogP contribution is 2.31. The molecule has 0 bridgehead atoms. The molecule has 1 unspecified atom stereocenters. The maximum absolute atomic E-state index is 11.7. The number of nitrogens with zero attached hydrogens (tertiary/aromatic N) is 1. The van der Waals surface area contributed by atoms with Gasteiger partial charge in [-0.05, 0) is 20.8 Å². The van der Waals surface area contributed by atoms with Crippen LogP contribution in [0, 0.1) is 17.8 Å². The minimum absolute atomic E-state index is 0.169. The van der Waals surface area contributed by atoms with E-state index < -0.39 is 11.1 Å². The monoisotopic (exact) mass is 237 g/mol. The van der Waals surface area contributed by atoms with Gasteiger partial charge in [0.15, 0.2) is 0 Å². The third-order valence-electron chi connectivity index (χ3n) is 3.18. The third-order valence-corrected chi connectivity index (χ3v) is 3.18. The van der Waals surface area contributed by atoms with Crippen LogP contribution in [0.25, 0.3) is 0 Å². The molecule has 0 saturated carbocycles. The Morgan fingerprint density at radius 1 is 1.65 bits per heavy atom. The van der Waals surface area contributed by atoms with E-state index in [1.807, 2.05) is 20.8 Å². The number of rotatable bonds is 4. The number of amides is 2. The molecule has 0 aromatic carbocycles. The SMILES string of the molecule is C#CCN1C(=O)NC(=N)C1(C)CC(C)(C)OC. The number of hydrogen-bond donors (Lipinski definition) is 2. The molecule has 0 radical (unpaired) electrons. The van der Waals surface area contributed by atoms with Gasteiger partial charge in [-0.1, -0.05) is 5.92 Å². The highest BCUT2D eigenvalue weighted by atomic mass is 16.5. The van der Waals surface area contributed by atoms with Gasteiger partial charge < -0.3 is 9.64 Å². The molecule has 0 aromatic rings. The molecule has 1 aliphatic heterocycles. The van der Waals surface area contributed by atoms with Crippen molar-refractivity contribution in [3.63, 3.8) is 0 Å². The van der Waals surface area contributed by atoms with Gasteiger partial charge in [0.2, 0.25) is 0 Å². The van der Waals surface area contributed by atoms with E-state index in [0.717, 1.165) is 0 Å². The van der Waals surface area contributed by atoms with Gasteiger partial charge in [-0.25, -0.2) is 4.79 Å². The van der Waals surface area contributed by atoms with Crippen LogP contribution in [0.5, 0.6) is 0 Å². The van der Waals surface area contributed by atoms with Crippen molar-refractivity contribution in [3.05, 3.63) is 0 Å². The molecule has 1 aliphatic rings. The molecule has 2 amide bonds. The van der Waals surface area contributed by atoms with E-state index in [9.17, 15) is 4.79 Å². The van der Waals surface area contributed by atoms with E-state index in [1.54, 1.807) is 7.11 Å². The fourth-order valence-corrected chi connectivity index (χ4v) is 2.09. The van der Waals surface area contributed by atoms with Crippen molar-refractivity contribution in [3.8, 4) is 12.3 Å². The van der Waals surface area contributed by atoms with Crippen molar-refractivity contribution >= 4 is 11.9 Å². The molecule has 94 valence electrons.